The van der Waals surface area contributed by atoms with E-state index in [1.807, 2.05) is 4.68 Å². The van der Waals surface area contributed by atoms with Gasteiger partial charge in [0.1, 0.15) is 5.82 Å². The summed E-state index contributed by atoms with van der Waals surface area (Å²) in [5.41, 5.74) is 0.110. The number of carbonyl (C=O) groups excluding carboxylic acids is 1. The molecule has 28 heavy (non-hydrogen) atoms. The van der Waals surface area contributed by atoms with E-state index in [1.54, 1.807) is 26.1 Å². The third-order valence-electron chi connectivity index (χ3n) is 5.17. The standard InChI is InChI=1S/C19H25ClN4O3S/c1-13(2)23(3)28(26,27)15-8-9-17(20)16(12-15)19(25)22-18-10-11-21-24(18)14-6-4-5-7-14/h8-14H,4-7H2,1-3H3,(H,22,25). The molecule has 152 valence electrons. The molecule has 0 radical (unpaired) electrons. The first-order valence-electron chi connectivity index (χ1n) is 9.34. The van der Waals surface area contributed by atoms with Crippen LogP contribution in [0.15, 0.2) is 35.4 Å². The number of halogens is 1. The summed E-state index contributed by atoms with van der Waals surface area (Å²) in [4.78, 5) is 12.9. The van der Waals surface area contributed by atoms with Crippen molar-refractivity contribution in [1.82, 2.24) is 14.1 Å². The van der Waals surface area contributed by atoms with Crippen LogP contribution in [-0.4, -0.2) is 41.5 Å². The van der Waals surface area contributed by atoms with Crippen molar-refractivity contribution < 1.29 is 13.2 Å². The van der Waals surface area contributed by atoms with Crippen LogP contribution in [0.4, 0.5) is 5.82 Å². The lowest BCUT2D eigenvalue weighted by Crippen LogP contribution is -2.33. The SMILES string of the molecule is CC(C)N(C)S(=O)(=O)c1ccc(Cl)c(C(=O)Nc2ccnn2C2CCCC2)c1. The molecule has 2 aromatic rings. The second kappa shape index (κ2) is 8.23. The number of nitrogens with zero attached hydrogens (tertiary/aromatic N) is 3. The van der Waals surface area contributed by atoms with Gasteiger partial charge in [-0.3, -0.25) is 4.79 Å². The Kier molecular flexibility index (Phi) is 6.12. The topological polar surface area (TPSA) is 84.3 Å². The summed E-state index contributed by atoms with van der Waals surface area (Å²) in [7, 11) is -2.21. The van der Waals surface area contributed by atoms with E-state index in [0.717, 1.165) is 25.7 Å². The molecular formula is C19H25ClN4O3S. The Morgan fingerprint density at radius 3 is 2.61 bits per heavy atom. The van der Waals surface area contributed by atoms with Gasteiger partial charge in [0.2, 0.25) is 10.0 Å². The molecule has 1 N–H and O–H groups in total. The van der Waals surface area contributed by atoms with Gasteiger partial charge >= 0.3 is 0 Å². The Morgan fingerprint density at radius 2 is 1.96 bits per heavy atom. The lowest BCUT2D eigenvalue weighted by Gasteiger charge is -2.21. The minimum Gasteiger partial charge on any atom is -0.307 e. The van der Waals surface area contributed by atoms with Gasteiger partial charge in [-0.25, -0.2) is 13.1 Å². The molecule has 1 amide bonds. The molecule has 7 nitrogen and oxygen atoms in total. The van der Waals surface area contributed by atoms with Gasteiger partial charge in [-0.2, -0.15) is 9.40 Å². The molecule has 1 aromatic carbocycles. The van der Waals surface area contributed by atoms with E-state index < -0.39 is 15.9 Å². The van der Waals surface area contributed by atoms with Gasteiger partial charge in [0.15, 0.2) is 0 Å². The van der Waals surface area contributed by atoms with Gasteiger partial charge in [-0.15, -0.1) is 0 Å². The van der Waals surface area contributed by atoms with Crippen LogP contribution in [0.25, 0.3) is 0 Å². The average molecular weight is 425 g/mol. The molecule has 1 aliphatic carbocycles. The molecule has 1 fully saturated rings. The number of amides is 1. The van der Waals surface area contributed by atoms with E-state index in [0.29, 0.717) is 5.82 Å². The van der Waals surface area contributed by atoms with Crippen molar-refractivity contribution in [2.75, 3.05) is 12.4 Å². The van der Waals surface area contributed by atoms with Crippen molar-refractivity contribution in [3.8, 4) is 0 Å². The van der Waals surface area contributed by atoms with E-state index >= 15 is 0 Å². The third kappa shape index (κ3) is 4.09. The van der Waals surface area contributed by atoms with E-state index in [1.165, 1.54) is 29.6 Å². The summed E-state index contributed by atoms with van der Waals surface area (Å²) < 4.78 is 28.6. The maximum Gasteiger partial charge on any atom is 0.258 e. The highest BCUT2D eigenvalue weighted by molar-refractivity contribution is 7.89. The summed E-state index contributed by atoms with van der Waals surface area (Å²) in [5, 5.41) is 7.35. The minimum absolute atomic E-state index is 0.0301. The molecule has 9 heteroatoms. The van der Waals surface area contributed by atoms with Crippen molar-refractivity contribution in [2.24, 2.45) is 0 Å². The normalized spacial score (nSPS) is 15.5. The second-order valence-electron chi connectivity index (χ2n) is 7.31. The molecule has 0 spiro atoms. The zero-order chi connectivity index (χ0) is 20.5. The maximum absolute atomic E-state index is 12.8. The minimum atomic E-state index is -3.72. The number of benzene rings is 1. The first-order chi connectivity index (χ1) is 13.2. The van der Waals surface area contributed by atoms with Gasteiger partial charge < -0.3 is 5.32 Å². The molecule has 1 heterocycles. The van der Waals surface area contributed by atoms with Crippen LogP contribution in [0.5, 0.6) is 0 Å². The maximum atomic E-state index is 12.8. The van der Waals surface area contributed by atoms with Gasteiger partial charge in [0, 0.05) is 19.2 Å². The molecule has 0 bridgehead atoms. The summed E-state index contributed by atoms with van der Waals surface area (Å²) in [5.74, 6) is 0.120. The number of hydrogen-bond donors (Lipinski definition) is 1. The van der Waals surface area contributed by atoms with E-state index in [2.05, 4.69) is 10.4 Å². The molecule has 0 atom stereocenters. The third-order valence-corrected chi connectivity index (χ3v) is 7.53. The Labute approximate surface area is 170 Å². The van der Waals surface area contributed by atoms with Crippen LogP contribution in [-0.2, 0) is 10.0 Å². The van der Waals surface area contributed by atoms with E-state index in [9.17, 15) is 13.2 Å². The summed E-state index contributed by atoms with van der Waals surface area (Å²) in [6.45, 7) is 3.57. The molecule has 1 saturated carbocycles. The fraction of sp³-hybridized carbons (Fsp3) is 0.474. The molecule has 3 rings (SSSR count). The van der Waals surface area contributed by atoms with Crippen LogP contribution >= 0.6 is 11.6 Å². The predicted octanol–water partition coefficient (Wildman–Crippen LogP) is 3.93. The van der Waals surface area contributed by atoms with E-state index in [4.69, 9.17) is 11.6 Å². The van der Waals surface area contributed by atoms with Crippen LogP contribution in [0.3, 0.4) is 0 Å². The molecule has 0 unspecified atom stereocenters. The fourth-order valence-corrected chi connectivity index (χ4v) is 4.92. The zero-order valence-corrected chi connectivity index (χ0v) is 17.8. The number of rotatable bonds is 6. The van der Waals surface area contributed by atoms with Crippen LogP contribution in [0, 0.1) is 0 Å². The van der Waals surface area contributed by atoms with E-state index in [-0.39, 0.29) is 27.6 Å². The Hall–Kier alpha value is -1.90. The lowest BCUT2D eigenvalue weighted by atomic mass is 10.2. The number of sulfonamides is 1. The predicted molar refractivity (Wildman–Crippen MR) is 109 cm³/mol. The van der Waals surface area contributed by atoms with Crippen LogP contribution < -0.4 is 5.32 Å². The van der Waals surface area contributed by atoms with Crippen LogP contribution in [0.2, 0.25) is 5.02 Å². The molecule has 0 saturated heterocycles. The number of anilines is 1. The number of carbonyl (C=O) groups is 1. The van der Waals surface area contributed by atoms with Crippen molar-refractivity contribution in [3.05, 3.63) is 41.0 Å². The largest absolute Gasteiger partial charge is 0.307 e. The van der Waals surface area contributed by atoms with Crippen molar-refractivity contribution in [2.45, 2.75) is 56.5 Å². The Balaban J connectivity index is 1.88. The highest BCUT2D eigenvalue weighted by Crippen LogP contribution is 2.31. The van der Waals surface area contributed by atoms with Gasteiger partial charge in [-0.1, -0.05) is 24.4 Å². The summed E-state index contributed by atoms with van der Waals surface area (Å²) >= 11 is 6.20. The first kappa shape index (κ1) is 20.8. The lowest BCUT2D eigenvalue weighted by molar-refractivity contribution is 0.102. The van der Waals surface area contributed by atoms with Gasteiger partial charge in [-0.05, 0) is 44.9 Å². The highest BCUT2D eigenvalue weighted by Gasteiger charge is 2.26. The summed E-state index contributed by atoms with van der Waals surface area (Å²) in [6.07, 6.45) is 6.00. The highest BCUT2D eigenvalue weighted by atomic mass is 35.5. The number of nitrogens with one attached hydrogen (secondary N) is 1. The second-order valence-corrected chi connectivity index (χ2v) is 9.71. The quantitative estimate of drug-likeness (QED) is 0.761. The molecule has 1 aromatic heterocycles. The monoisotopic (exact) mass is 424 g/mol. The van der Waals surface area contributed by atoms with Crippen molar-refractivity contribution >= 4 is 33.3 Å². The van der Waals surface area contributed by atoms with Crippen molar-refractivity contribution in [3.63, 3.8) is 0 Å². The molecule has 1 aliphatic rings. The summed E-state index contributed by atoms with van der Waals surface area (Å²) in [6, 6.07) is 5.97. The van der Waals surface area contributed by atoms with Crippen molar-refractivity contribution in [1.29, 1.82) is 0 Å². The van der Waals surface area contributed by atoms with Crippen LogP contribution in [0.1, 0.15) is 55.9 Å². The molecular weight excluding hydrogens is 400 g/mol. The van der Waals surface area contributed by atoms with Gasteiger partial charge in [0.25, 0.3) is 5.91 Å². The average Bonchev–Trinajstić information content (AvgIpc) is 3.32. The molecule has 0 aliphatic heterocycles. The number of hydrogen-bond acceptors (Lipinski definition) is 4. The number of aromatic nitrogens is 2. The fourth-order valence-electron chi connectivity index (χ4n) is 3.32. The first-order valence-corrected chi connectivity index (χ1v) is 11.2. The smallest absolute Gasteiger partial charge is 0.258 e. The zero-order valence-electron chi connectivity index (χ0n) is 16.2. The Bertz CT molecular complexity index is 965. The van der Waals surface area contributed by atoms with Gasteiger partial charge in [0.05, 0.1) is 27.7 Å². The Morgan fingerprint density at radius 1 is 1.29 bits per heavy atom.